The number of nitrogens with zero attached hydrogens (tertiary/aromatic N) is 1. The van der Waals surface area contributed by atoms with Gasteiger partial charge in [0.2, 0.25) is 0 Å². The molecule has 142 valence electrons. The van der Waals surface area contributed by atoms with E-state index in [0.29, 0.717) is 6.07 Å². The molecule has 2 rings (SSSR count). The molecule has 0 saturated heterocycles. The Bertz CT molecular complexity index is 903. The molecule has 1 amide bonds. The molecule has 1 atom stereocenters. The van der Waals surface area contributed by atoms with Crippen LogP contribution in [0.15, 0.2) is 36.4 Å². The van der Waals surface area contributed by atoms with Crippen molar-refractivity contribution in [2.24, 2.45) is 0 Å². The summed E-state index contributed by atoms with van der Waals surface area (Å²) in [5.41, 5.74) is -0.363. The predicted molar refractivity (Wildman–Crippen MR) is 88.6 cm³/mol. The number of carbonyl (C=O) groups is 2. The third kappa shape index (κ3) is 4.75. The van der Waals surface area contributed by atoms with Crippen LogP contribution in [0.4, 0.5) is 14.5 Å². The van der Waals surface area contributed by atoms with Crippen LogP contribution in [-0.4, -0.2) is 35.1 Å². The fourth-order valence-electron chi connectivity index (χ4n) is 2.34. The van der Waals surface area contributed by atoms with Crippen molar-refractivity contribution >= 4 is 17.6 Å². The van der Waals surface area contributed by atoms with Crippen molar-refractivity contribution in [3.63, 3.8) is 0 Å². The van der Waals surface area contributed by atoms with Crippen molar-refractivity contribution in [3.8, 4) is 5.75 Å². The van der Waals surface area contributed by atoms with Crippen LogP contribution < -0.4 is 10.1 Å². The van der Waals surface area contributed by atoms with Crippen molar-refractivity contribution in [1.29, 1.82) is 0 Å². The van der Waals surface area contributed by atoms with Crippen LogP contribution in [0.3, 0.4) is 0 Å². The molecule has 0 aromatic heterocycles. The highest BCUT2D eigenvalue weighted by molar-refractivity contribution is 5.96. The van der Waals surface area contributed by atoms with Gasteiger partial charge in [0.1, 0.15) is 11.8 Å². The number of amides is 1. The molecule has 10 heteroatoms. The van der Waals surface area contributed by atoms with Gasteiger partial charge in [-0.25, -0.2) is 13.6 Å². The summed E-state index contributed by atoms with van der Waals surface area (Å²) in [6, 6.07) is 4.53. The molecule has 0 heterocycles. The van der Waals surface area contributed by atoms with E-state index in [2.05, 4.69) is 5.32 Å². The van der Waals surface area contributed by atoms with E-state index in [1.165, 1.54) is 19.2 Å². The van der Waals surface area contributed by atoms with Crippen molar-refractivity contribution in [1.82, 2.24) is 5.32 Å². The van der Waals surface area contributed by atoms with Crippen LogP contribution in [-0.2, 0) is 11.2 Å². The minimum Gasteiger partial charge on any atom is -0.496 e. The molecule has 2 N–H and O–H groups in total. The van der Waals surface area contributed by atoms with Crippen molar-refractivity contribution in [2.75, 3.05) is 7.11 Å². The Labute approximate surface area is 151 Å². The average molecular weight is 380 g/mol. The van der Waals surface area contributed by atoms with Crippen LogP contribution in [0.2, 0.25) is 0 Å². The second kappa shape index (κ2) is 8.21. The number of benzene rings is 2. The molecule has 0 bridgehead atoms. The number of carbonyl (C=O) groups excluding carboxylic acids is 1. The maximum atomic E-state index is 13.2. The third-order valence-electron chi connectivity index (χ3n) is 3.68. The van der Waals surface area contributed by atoms with Crippen molar-refractivity contribution < 1.29 is 33.1 Å². The molecule has 0 spiro atoms. The van der Waals surface area contributed by atoms with E-state index in [0.717, 1.165) is 18.2 Å². The van der Waals surface area contributed by atoms with Gasteiger partial charge in [-0.15, -0.1) is 0 Å². The lowest BCUT2D eigenvalue weighted by Gasteiger charge is -2.16. The summed E-state index contributed by atoms with van der Waals surface area (Å²) in [4.78, 5) is 33.9. The van der Waals surface area contributed by atoms with Crippen LogP contribution in [0, 0.1) is 21.7 Å². The summed E-state index contributed by atoms with van der Waals surface area (Å²) in [5, 5.41) is 22.4. The number of non-ortho nitro benzene ring substituents is 1. The van der Waals surface area contributed by atoms with Gasteiger partial charge in [-0.05, 0) is 24.3 Å². The summed E-state index contributed by atoms with van der Waals surface area (Å²) in [6.45, 7) is 0. The van der Waals surface area contributed by atoms with Gasteiger partial charge in [-0.1, -0.05) is 0 Å². The smallest absolute Gasteiger partial charge is 0.326 e. The molecule has 2 aromatic rings. The highest BCUT2D eigenvalue weighted by Crippen LogP contribution is 2.25. The molecule has 27 heavy (non-hydrogen) atoms. The lowest BCUT2D eigenvalue weighted by molar-refractivity contribution is -0.384. The number of carboxylic acids is 1. The lowest BCUT2D eigenvalue weighted by atomic mass is 10.0. The number of ether oxygens (including phenoxy) is 1. The fraction of sp³-hybridized carbons (Fsp3) is 0.176. The van der Waals surface area contributed by atoms with Gasteiger partial charge in [-0.3, -0.25) is 14.9 Å². The topological polar surface area (TPSA) is 119 Å². The highest BCUT2D eigenvalue weighted by Gasteiger charge is 2.24. The number of aliphatic carboxylic acids is 1. The molecule has 0 aliphatic rings. The molecule has 0 radical (unpaired) electrons. The monoisotopic (exact) mass is 380 g/mol. The average Bonchev–Trinajstić information content (AvgIpc) is 2.62. The first-order valence-corrected chi connectivity index (χ1v) is 7.53. The highest BCUT2D eigenvalue weighted by atomic mass is 19.2. The first-order valence-electron chi connectivity index (χ1n) is 7.53. The van der Waals surface area contributed by atoms with E-state index in [4.69, 9.17) is 4.74 Å². The number of hydrogen-bond acceptors (Lipinski definition) is 5. The van der Waals surface area contributed by atoms with Crippen LogP contribution in [0.1, 0.15) is 15.9 Å². The summed E-state index contributed by atoms with van der Waals surface area (Å²) >= 11 is 0. The lowest BCUT2D eigenvalue weighted by Crippen LogP contribution is -2.42. The minimum atomic E-state index is -1.48. The molecule has 0 aliphatic carbocycles. The van der Waals surface area contributed by atoms with E-state index < -0.39 is 34.5 Å². The molecule has 0 unspecified atom stereocenters. The molecular weight excluding hydrogens is 366 g/mol. The van der Waals surface area contributed by atoms with E-state index in [-0.39, 0.29) is 29.0 Å². The van der Waals surface area contributed by atoms with Gasteiger partial charge >= 0.3 is 5.97 Å². The van der Waals surface area contributed by atoms with E-state index in [9.17, 15) is 33.6 Å². The van der Waals surface area contributed by atoms with E-state index in [1.54, 1.807) is 0 Å². The quantitative estimate of drug-likeness (QED) is 0.562. The third-order valence-corrected chi connectivity index (χ3v) is 3.68. The minimum absolute atomic E-state index is 0.185. The molecule has 2 aromatic carbocycles. The Morgan fingerprint density at radius 3 is 2.48 bits per heavy atom. The Kier molecular flexibility index (Phi) is 6.01. The van der Waals surface area contributed by atoms with Gasteiger partial charge in [0.15, 0.2) is 11.6 Å². The largest absolute Gasteiger partial charge is 0.496 e. The molecular formula is C17H14F2N2O6. The second-order valence-electron chi connectivity index (χ2n) is 5.45. The van der Waals surface area contributed by atoms with Gasteiger partial charge in [0, 0.05) is 29.7 Å². The zero-order valence-electron chi connectivity index (χ0n) is 13.9. The Morgan fingerprint density at radius 2 is 1.93 bits per heavy atom. The number of methoxy groups -OCH3 is 1. The summed E-state index contributed by atoms with van der Waals surface area (Å²) in [5.74, 6) is -4.56. The number of nitro benzene ring substituents is 1. The van der Waals surface area contributed by atoms with Crippen molar-refractivity contribution in [3.05, 3.63) is 69.3 Å². The maximum Gasteiger partial charge on any atom is 0.326 e. The zero-order valence-corrected chi connectivity index (χ0v) is 13.9. The first kappa shape index (κ1) is 19.8. The predicted octanol–water partition coefficient (Wildman–Crippen LogP) is 2.31. The first-order chi connectivity index (χ1) is 12.7. The number of nitrogens with one attached hydrogen (secondary N) is 1. The van der Waals surface area contributed by atoms with E-state index >= 15 is 0 Å². The number of nitro groups is 1. The van der Waals surface area contributed by atoms with Gasteiger partial charge in [0.25, 0.3) is 11.6 Å². The molecule has 0 aliphatic heterocycles. The normalized spacial score (nSPS) is 11.5. The Morgan fingerprint density at radius 1 is 1.22 bits per heavy atom. The zero-order chi connectivity index (χ0) is 20.1. The standard InChI is InChI=1S/C17H14F2N2O6/c1-27-15-5-3-11(21(25)26)6-10(15)8-14(17(23)24)20-16(22)9-2-4-12(18)13(19)7-9/h2-7,14H,8H2,1H3,(H,20,22)(H,23,24)/t14-/m0/s1. The van der Waals surface area contributed by atoms with Crippen LogP contribution in [0.5, 0.6) is 5.75 Å². The molecule has 0 saturated carbocycles. The van der Waals surface area contributed by atoms with E-state index in [1.807, 2.05) is 0 Å². The number of halogens is 2. The number of rotatable bonds is 7. The molecule has 0 fully saturated rings. The Balaban J connectivity index is 2.26. The van der Waals surface area contributed by atoms with Gasteiger partial charge in [0.05, 0.1) is 12.0 Å². The number of carboxylic acid groups (broad SMARTS) is 1. The van der Waals surface area contributed by atoms with Crippen LogP contribution >= 0.6 is 0 Å². The molecule has 8 nitrogen and oxygen atoms in total. The van der Waals surface area contributed by atoms with Gasteiger partial charge < -0.3 is 15.2 Å². The summed E-state index contributed by atoms with van der Waals surface area (Å²) < 4.78 is 31.3. The van der Waals surface area contributed by atoms with Crippen LogP contribution in [0.25, 0.3) is 0 Å². The van der Waals surface area contributed by atoms with Crippen molar-refractivity contribution in [2.45, 2.75) is 12.5 Å². The number of hydrogen-bond donors (Lipinski definition) is 2. The summed E-state index contributed by atoms with van der Waals surface area (Å²) in [6.07, 6.45) is -0.324. The SMILES string of the molecule is COc1ccc([N+](=O)[O-])cc1C[C@H](NC(=O)c1ccc(F)c(F)c1)C(=O)O. The fourth-order valence-corrected chi connectivity index (χ4v) is 2.34. The second-order valence-corrected chi connectivity index (χ2v) is 5.45. The maximum absolute atomic E-state index is 13.2. The summed E-state index contributed by atoms with van der Waals surface area (Å²) in [7, 11) is 1.31. The Hall–Kier alpha value is -3.56. The van der Waals surface area contributed by atoms with Gasteiger partial charge in [-0.2, -0.15) is 0 Å².